The Morgan fingerprint density at radius 3 is 2.52 bits per heavy atom. The van der Waals surface area contributed by atoms with Crippen LogP contribution in [0.3, 0.4) is 0 Å². The van der Waals surface area contributed by atoms with Crippen molar-refractivity contribution >= 4 is 13.0 Å². The molecule has 2 saturated heterocycles. The van der Waals surface area contributed by atoms with E-state index in [0.717, 1.165) is 32.1 Å². The van der Waals surface area contributed by atoms with Crippen molar-refractivity contribution in [3.8, 4) is 0 Å². The summed E-state index contributed by atoms with van der Waals surface area (Å²) in [4.78, 5) is 12.4. The van der Waals surface area contributed by atoms with E-state index >= 15 is 0 Å². The van der Waals surface area contributed by atoms with Crippen molar-refractivity contribution in [2.24, 2.45) is 11.8 Å². The fourth-order valence-corrected chi connectivity index (χ4v) is 4.24. The molecule has 21 heavy (non-hydrogen) atoms. The van der Waals surface area contributed by atoms with E-state index in [1.165, 1.54) is 19.3 Å². The third kappa shape index (κ3) is 3.60. The molecular weight excluding hydrogens is 269 g/mol. The summed E-state index contributed by atoms with van der Waals surface area (Å²) >= 11 is 0. The van der Waals surface area contributed by atoms with Crippen molar-refractivity contribution in [3.63, 3.8) is 0 Å². The lowest BCUT2D eigenvalue weighted by Gasteiger charge is -2.28. The van der Waals surface area contributed by atoms with E-state index in [9.17, 15) is 14.8 Å². The van der Waals surface area contributed by atoms with Gasteiger partial charge in [0, 0.05) is 0 Å². The summed E-state index contributed by atoms with van der Waals surface area (Å²) in [5.74, 6) is -0.200. The van der Waals surface area contributed by atoms with Gasteiger partial charge in [-0.3, -0.25) is 4.79 Å². The summed E-state index contributed by atoms with van der Waals surface area (Å²) in [6.07, 6.45) is 9.73. The van der Waals surface area contributed by atoms with Gasteiger partial charge in [0.05, 0.1) is 24.1 Å². The summed E-state index contributed by atoms with van der Waals surface area (Å²) in [6.45, 7) is 0. The zero-order valence-electron chi connectivity index (χ0n) is 12.5. The molecule has 5 nitrogen and oxygen atoms in total. The maximum atomic E-state index is 12.4. The molecule has 1 amide bonds. The molecule has 1 aliphatic carbocycles. The molecule has 3 fully saturated rings. The molecule has 2 aliphatic heterocycles. The first-order valence-corrected chi connectivity index (χ1v) is 8.45. The highest BCUT2D eigenvalue weighted by Crippen LogP contribution is 2.39. The Hall–Kier alpha value is -0.585. The molecule has 1 unspecified atom stereocenters. The van der Waals surface area contributed by atoms with Gasteiger partial charge in [-0.25, -0.2) is 0 Å². The van der Waals surface area contributed by atoms with E-state index in [1.54, 1.807) is 0 Å². The Labute approximate surface area is 126 Å². The Kier molecular flexibility index (Phi) is 4.87. The smallest absolute Gasteiger partial charge is 0.426 e. The molecule has 3 aliphatic rings. The molecule has 1 saturated carbocycles. The number of amides is 1. The van der Waals surface area contributed by atoms with Crippen LogP contribution >= 0.6 is 0 Å². The number of fused-ring (bicyclic) bond motifs is 2. The number of rotatable bonds is 5. The molecular formula is C15H26BNO4. The summed E-state index contributed by atoms with van der Waals surface area (Å²) in [5, 5.41) is 22.0. The van der Waals surface area contributed by atoms with Crippen LogP contribution in [0.4, 0.5) is 0 Å². The minimum atomic E-state index is -1.48. The highest BCUT2D eigenvalue weighted by Gasteiger charge is 2.45. The third-order valence-electron chi connectivity index (χ3n) is 5.44. The fourth-order valence-electron chi connectivity index (χ4n) is 4.24. The summed E-state index contributed by atoms with van der Waals surface area (Å²) in [7, 11) is -1.48. The highest BCUT2D eigenvalue weighted by molar-refractivity contribution is 6.43. The largest absolute Gasteiger partial charge is 0.475 e. The van der Waals surface area contributed by atoms with Crippen LogP contribution in [0.5, 0.6) is 0 Å². The monoisotopic (exact) mass is 295 g/mol. The molecule has 0 aromatic carbocycles. The first-order valence-electron chi connectivity index (χ1n) is 8.45. The van der Waals surface area contributed by atoms with Gasteiger partial charge in [-0.05, 0) is 31.6 Å². The van der Waals surface area contributed by atoms with E-state index in [4.69, 9.17) is 4.74 Å². The van der Waals surface area contributed by atoms with E-state index in [2.05, 4.69) is 5.32 Å². The Balaban J connectivity index is 1.53. The van der Waals surface area contributed by atoms with Crippen LogP contribution in [0, 0.1) is 11.8 Å². The van der Waals surface area contributed by atoms with E-state index in [1.807, 2.05) is 0 Å². The lowest BCUT2D eigenvalue weighted by atomic mass is 9.71. The Morgan fingerprint density at radius 1 is 1.19 bits per heavy atom. The zero-order chi connectivity index (χ0) is 14.8. The van der Waals surface area contributed by atoms with Gasteiger partial charge in [-0.2, -0.15) is 0 Å². The first-order chi connectivity index (χ1) is 10.1. The van der Waals surface area contributed by atoms with E-state index < -0.39 is 13.1 Å². The summed E-state index contributed by atoms with van der Waals surface area (Å²) in [5.41, 5.74) is 0. The van der Waals surface area contributed by atoms with Crippen molar-refractivity contribution in [2.75, 3.05) is 0 Å². The van der Waals surface area contributed by atoms with Gasteiger partial charge in [0.2, 0.25) is 5.91 Å². The number of nitrogens with one attached hydrogen (secondary N) is 1. The van der Waals surface area contributed by atoms with Gasteiger partial charge in [-0.15, -0.1) is 0 Å². The van der Waals surface area contributed by atoms with Crippen molar-refractivity contribution in [3.05, 3.63) is 0 Å². The Morgan fingerprint density at radius 2 is 1.95 bits per heavy atom. The Bertz CT molecular complexity index is 373. The third-order valence-corrected chi connectivity index (χ3v) is 5.44. The van der Waals surface area contributed by atoms with Gasteiger partial charge in [-0.1, -0.05) is 32.1 Å². The molecule has 3 rings (SSSR count). The molecule has 2 heterocycles. The summed E-state index contributed by atoms with van der Waals surface area (Å²) in [6, 6.07) is 0. The topological polar surface area (TPSA) is 78.8 Å². The van der Waals surface area contributed by atoms with Crippen LogP contribution in [0.1, 0.15) is 57.8 Å². The standard InChI is InChI=1S/C15H26BNO4/c18-15(12-9-11-6-7-13(12)21-11)17-14(16(19)20)8-10-4-2-1-3-5-10/h10-14,19-20H,1-9H2,(H,17,18)/t11-,12-,13+,14?/m1/s1. The molecule has 0 aromatic heterocycles. The second-order valence-electron chi connectivity index (χ2n) is 6.98. The molecule has 0 radical (unpaired) electrons. The second-order valence-corrected chi connectivity index (χ2v) is 6.98. The average molecular weight is 295 g/mol. The predicted molar refractivity (Wildman–Crippen MR) is 79.3 cm³/mol. The highest BCUT2D eigenvalue weighted by atomic mass is 16.5. The maximum absolute atomic E-state index is 12.4. The fraction of sp³-hybridized carbons (Fsp3) is 0.933. The van der Waals surface area contributed by atoms with E-state index in [-0.39, 0.29) is 24.0 Å². The average Bonchev–Trinajstić information content (AvgIpc) is 3.10. The van der Waals surface area contributed by atoms with Crippen LogP contribution in [0.25, 0.3) is 0 Å². The quantitative estimate of drug-likeness (QED) is 0.662. The number of hydrogen-bond donors (Lipinski definition) is 3. The minimum Gasteiger partial charge on any atom is -0.426 e. The van der Waals surface area contributed by atoms with Gasteiger partial charge in [0.1, 0.15) is 0 Å². The molecule has 2 bridgehead atoms. The lowest BCUT2D eigenvalue weighted by Crippen LogP contribution is -2.50. The number of carbonyl (C=O) groups is 1. The van der Waals surface area contributed by atoms with E-state index in [0.29, 0.717) is 12.3 Å². The molecule has 118 valence electrons. The molecule has 6 heteroatoms. The zero-order valence-corrected chi connectivity index (χ0v) is 12.5. The normalized spacial score (nSPS) is 33.9. The van der Waals surface area contributed by atoms with Gasteiger partial charge in [0.25, 0.3) is 0 Å². The van der Waals surface area contributed by atoms with Crippen LogP contribution in [-0.2, 0) is 9.53 Å². The predicted octanol–water partition coefficient (Wildman–Crippen LogP) is 1.02. The molecule has 3 N–H and O–H groups in total. The SMILES string of the molecule is O=C(NC(CC1CCCCC1)B(O)O)[C@@H]1C[C@H]2CC[C@@H]1O2. The van der Waals surface area contributed by atoms with Crippen molar-refractivity contribution in [1.29, 1.82) is 0 Å². The van der Waals surface area contributed by atoms with Gasteiger partial charge in [0.15, 0.2) is 0 Å². The molecule has 4 atom stereocenters. The van der Waals surface area contributed by atoms with Crippen LogP contribution in [-0.4, -0.2) is 41.2 Å². The van der Waals surface area contributed by atoms with Crippen LogP contribution < -0.4 is 5.32 Å². The second kappa shape index (κ2) is 6.67. The van der Waals surface area contributed by atoms with Crippen LogP contribution in [0.2, 0.25) is 0 Å². The maximum Gasteiger partial charge on any atom is 0.475 e. The van der Waals surface area contributed by atoms with Gasteiger partial charge >= 0.3 is 7.12 Å². The molecule has 0 aromatic rings. The first kappa shape index (κ1) is 15.3. The molecule has 0 spiro atoms. The minimum absolute atomic E-state index is 0.0427. The summed E-state index contributed by atoms with van der Waals surface area (Å²) < 4.78 is 5.71. The van der Waals surface area contributed by atoms with Crippen LogP contribution in [0.15, 0.2) is 0 Å². The lowest BCUT2D eigenvalue weighted by molar-refractivity contribution is -0.127. The van der Waals surface area contributed by atoms with Crippen molar-refractivity contribution in [2.45, 2.75) is 75.9 Å². The van der Waals surface area contributed by atoms with Gasteiger partial charge < -0.3 is 20.1 Å². The number of carbonyl (C=O) groups excluding carboxylic acids is 1. The van der Waals surface area contributed by atoms with Crippen molar-refractivity contribution in [1.82, 2.24) is 5.32 Å². The number of ether oxygens (including phenoxy) is 1. The number of hydrogen-bond acceptors (Lipinski definition) is 4. The van der Waals surface area contributed by atoms with Crippen molar-refractivity contribution < 1.29 is 19.6 Å².